The molecule has 6 heteroatoms. The number of hydrogen-bond donors (Lipinski definition) is 1. The predicted molar refractivity (Wildman–Crippen MR) is 126 cm³/mol. The Morgan fingerprint density at radius 2 is 1.80 bits per heavy atom. The summed E-state index contributed by atoms with van der Waals surface area (Å²) in [5.74, 6) is 0.339. The highest BCUT2D eigenvalue weighted by atomic mass is 127. The summed E-state index contributed by atoms with van der Waals surface area (Å²) in [6.07, 6.45) is 4.32. The smallest absolute Gasteiger partial charge is 0.261 e. The second-order valence-electron chi connectivity index (χ2n) is 7.86. The molecular formula is C24H29IN2O3. The summed E-state index contributed by atoms with van der Waals surface area (Å²) in [6.45, 7) is 4.09. The van der Waals surface area contributed by atoms with Crippen molar-refractivity contribution in [2.75, 3.05) is 6.61 Å². The molecule has 0 saturated heterocycles. The Labute approximate surface area is 192 Å². The summed E-state index contributed by atoms with van der Waals surface area (Å²) >= 11 is 2.23. The van der Waals surface area contributed by atoms with Crippen LogP contribution < -0.4 is 10.1 Å². The van der Waals surface area contributed by atoms with Crippen LogP contribution in [0.4, 0.5) is 0 Å². The van der Waals surface area contributed by atoms with Crippen LogP contribution >= 0.6 is 22.6 Å². The fourth-order valence-corrected chi connectivity index (χ4v) is 4.06. The van der Waals surface area contributed by atoms with Gasteiger partial charge in [-0.05, 0) is 84.7 Å². The van der Waals surface area contributed by atoms with Gasteiger partial charge in [0.05, 0.1) is 0 Å². The van der Waals surface area contributed by atoms with Crippen LogP contribution in [0.2, 0.25) is 0 Å². The molecule has 1 atom stereocenters. The number of aryl methyl sites for hydroxylation is 1. The third-order valence-corrected chi connectivity index (χ3v) is 6.37. The first-order valence-electron chi connectivity index (χ1n) is 10.5. The van der Waals surface area contributed by atoms with Crippen LogP contribution in [0.5, 0.6) is 5.75 Å². The number of halogens is 1. The number of carbonyl (C=O) groups is 2. The van der Waals surface area contributed by atoms with Gasteiger partial charge >= 0.3 is 0 Å². The Morgan fingerprint density at radius 1 is 1.13 bits per heavy atom. The monoisotopic (exact) mass is 520 g/mol. The molecule has 3 rings (SSSR count). The molecule has 2 amide bonds. The van der Waals surface area contributed by atoms with E-state index in [9.17, 15) is 9.59 Å². The summed E-state index contributed by atoms with van der Waals surface area (Å²) in [5.41, 5.74) is 2.12. The first-order chi connectivity index (χ1) is 14.4. The van der Waals surface area contributed by atoms with E-state index in [1.807, 2.05) is 55.5 Å². The molecule has 1 aliphatic rings. The summed E-state index contributed by atoms with van der Waals surface area (Å²) < 4.78 is 6.81. The number of hydrogen-bond acceptors (Lipinski definition) is 3. The van der Waals surface area contributed by atoms with E-state index in [1.165, 1.54) is 0 Å². The summed E-state index contributed by atoms with van der Waals surface area (Å²) in [5, 5.41) is 3.12. The minimum absolute atomic E-state index is 0.0990. The molecule has 0 radical (unpaired) electrons. The molecule has 0 bridgehead atoms. The van der Waals surface area contributed by atoms with Gasteiger partial charge in [-0.15, -0.1) is 0 Å². The van der Waals surface area contributed by atoms with Crippen molar-refractivity contribution in [1.29, 1.82) is 0 Å². The number of nitrogens with zero attached hydrogens (tertiary/aromatic N) is 1. The van der Waals surface area contributed by atoms with Crippen LogP contribution in [0.25, 0.3) is 0 Å². The number of nitrogens with one attached hydrogen (secondary N) is 1. The fourth-order valence-electron chi connectivity index (χ4n) is 3.70. The molecule has 30 heavy (non-hydrogen) atoms. The van der Waals surface area contributed by atoms with Gasteiger partial charge < -0.3 is 15.0 Å². The van der Waals surface area contributed by atoms with Crippen molar-refractivity contribution in [3.05, 3.63) is 63.2 Å². The Bertz CT molecular complexity index is 863. The van der Waals surface area contributed by atoms with Crippen molar-refractivity contribution >= 4 is 34.4 Å². The fraction of sp³-hybridized carbons (Fsp3) is 0.417. The Kier molecular flexibility index (Phi) is 8.13. The second kappa shape index (κ2) is 10.8. The average molecular weight is 520 g/mol. The molecule has 1 saturated carbocycles. The third-order valence-electron chi connectivity index (χ3n) is 5.65. The summed E-state index contributed by atoms with van der Waals surface area (Å²) in [6, 6.07) is 15.1. The largest absolute Gasteiger partial charge is 0.484 e. The van der Waals surface area contributed by atoms with Crippen LogP contribution in [-0.2, 0) is 16.1 Å². The Hall–Kier alpha value is -2.09. The molecular weight excluding hydrogens is 491 g/mol. The van der Waals surface area contributed by atoms with Gasteiger partial charge in [0.1, 0.15) is 11.8 Å². The number of rotatable bonds is 8. The lowest BCUT2D eigenvalue weighted by molar-refractivity contribution is -0.142. The van der Waals surface area contributed by atoms with Gasteiger partial charge in [0.2, 0.25) is 5.91 Å². The zero-order valence-corrected chi connectivity index (χ0v) is 19.7. The van der Waals surface area contributed by atoms with Crippen molar-refractivity contribution < 1.29 is 14.3 Å². The number of ether oxygens (including phenoxy) is 1. The molecule has 1 N–H and O–H groups in total. The molecule has 0 heterocycles. The lowest BCUT2D eigenvalue weighted by atomic mass is 10.1. The molecule has 2 aromatic rings. The number of benzene rings is 2. The average Bonchev–Trinajstić information content (AvgIpc) is 3.25. The van der Waals surface area contributed by atoms with Crippen LogP contribution in [0.1, 0.15) is 43.7 Å². The van der Waals surface area contributed by atoms with Crippen molar-refractivity contribution in [1.82, 2.24) is 10.2 Å². The second-order valence-corrected chi connectivity index (χ2v) is 9.10. The Morgan fingerprint density at radius 3 is 2.47 bits per heavy atom. The number of amides is 2. The van der Waals surface area contributed by atoms with Crippen molar-refractivity contribution in [2.24, 2.45) is 0 Å². The van der Waals surface area contributed by atoms with Crippen molar-refractivity contribution in [3.8, 4) is 5.75 Å². The molecule has 0 aromatic heterocycles. The molecule has 0 spiro atoms. The van der Waals surface area contributed by atoms with E-state index in [-0.39, 0.29) is 24.5 Å². The van der Waals surface area contributed by atoms with Crippen LogP contribution in [0.15, 0.2) is 48.5 Å². The maximum absolute atomic E-state index is 13.1. The van der Waals surface area contributed by atoms with Crippen molar-refractivity contribution in [2.45, 2.75) is 58.2 Å². The van der Waals surface area contributed by atoms with Gasteiger partial charge in [-0.3, -0.25) is 9.59 Å². The standard InChI is InChI=1S/C24H29IN2O3/c1-17-7-3-4-8-19(17)15-27(18(2)24(29)26-21-9-5-6-10-21)23(28)16-30-22-13-11-20(25)12-14-22/h3-4,7-8,11-14,18,21H,5-6,9-10,15-16H2,1-2H3,(H,26,29)/t18-/m1/s1. The topological polar surface area (TPSA) is 58.6 Å². The first kappa shape index (κ1) is 22.6. The zero-order valence-electron chi connectivity index (χ0n) is 17.6. The molecule has 0 unspecified atom stereocenters. The van der Waals surface area contributed by atoms with E-state index in [0.29, 0.717) is 12.3 Å². The lowest BCUT2D eigenvalue weighted by Gasteiger charge is -2.30. The van der Waals surface area contributed by atoms with Crippen LogP contribution in [-0.4, -0.2) is 35.4 Å². The lowest BCUT2D eigenvalue weighted by Crippen LogP contribution is -2.50. The van der Waals surface area contributed by atoms with Gasteiger partial charge in [0, 0.05) is 16.2 Å². The predicted octanol–water partition coefficient (Wildman–Crippen LogP) is 4.45. The molecule has 0 aliphatic heterocycles. The molecule has 2 aromatic carbocycles. The van der Waals surface area contributed by atoms with E-state index >= 15 is 0 Å². The van der Waals surface area contributed by atoms with Gasteiger partial charge in [0.25, 0.3) is 5.91 Å². The highest BCUT2D eigenvalue weighted by Gasteiger charge is 2.29. The molecule has 5 nitrogen and oxygen atoms in total. The van der Waals surface area contributed by atoms with E-state index in [0.717, 1.165) is 40.4 Å². The van der Waals surface area contributed by atoms with E-state index in [4.69, 9.17) is 4.74 Å². The Balaban J connectivity index is 1.71. The van der Waals surface area contributed by atoms with E-state index < -0.39 is 6.04 Å². The quantitative estimate of drug-likeness (QED) is 0.524. The minimum Gasteiger partial charge on any atom is -0.484 e. The SMILES string of the molecule is Cc1ccccc1CN(C(=O)COc1ccc(I)cc1)[C@H](C)C(=O)NC1CCCC1. The molecule has 160 valence electrons. The maximum Gasteiger partial charge on any atom is 0.261 e. The van der Waals surface area contributed by atoms with Crippen LogP contribution in [0, 0.1) is 10.5 Å². The third kappa shape index (κ3) is 6.20. The number of carbonyl (C=O) groups excluding carboxylic acids is 2. The van der Waals surface area contributed by atoms with Gasteiger partial charge in [-0.2, -0.15) is 0 Å². The van der Waals surface area contributed by atoms with Gasteiger partial charge in [-0.1, -0.05) is 37.1 Å². The maximum atomic E-state index is 13.1. The van der Waals surface area contributed by atoms with E-state index in [2.05, 4.69) is 27.9 Å². The summed E-state index contributed by atoms with van der Waals surface area (Å²) in [4.78, 5) is 27.6. The molecule has 1 fully saturated rings. The normalized spacial score (nSPS) is 14.9. The van der Waals surface area contributed by atoms with Crippen LogP contribution in [0.3, 0.4) is 0 Å². The minimum atomic E-state index is -0.571. The van der Waals surface area contributed by atoms with Gasteiger partial charge in [0.15, 0.2) is 6.61 Å². The first-order valence-corrected chi connectivity index (χ1v) is 11.5. The highest BCUT2D eigenvalue weighted by Crippen LogP contribution is 2.19. The van der Waals surface area contributed by atoms with Crippen molar-refractivity contribution in [3.63, 3.8) is 0 Å². The van der Waals surface area contributed by atoms with E-state index in [1.54, 1.807) is 11.8 Å². The highest BCUT2D eigenvalue weighted by molar-refractivity contribution is 14.1. The van der Waals surface area contributed by atoms with Gasteiger partial charge in [-0.25, -0.2) is 0 Å². The zero-order chi connectivity index (χ0) is 21.5. The molecule has 1 aliphatic carbocycles. The summed E-state index contributed by atoms with van der Waals surface area (Å²) in [7, 11) is 0.